The molecule has 1 aromatic heterocycles. The van der Waals surface area contributed by atoms with Crippen LogP contribution in [0.15, 0.2) is 29.3 Å². The highest BCUT2D eigenvalue weighted by Gasteiger charge is 2.21. The molecule has 0 radical (unpaired) electrons. The van der Waals surface area contributed by atoms with Crippen LogP contribution >= 0.6 is 0 Å². The second-order valence-corrected chi connectivity index (χ2v) is 5.99. The van der Waals surface area contributed by atoms with Crippen molar-refractivity contribution in [1.29, 1.82) is 0 Å². The van der Waals surface area contributed by atoms with Gasteiger partial charge in [-0.3, -0.25) is 14.2 Å². The third-order valence-corrected chi connectivity index (χ3v) is 4.22. The van der Waals surface area contributed by atoms with Crippen molar-refractivity contribution in [2.75, 3.05) is 19.7 Å². The van der Waals surface area contributed by atoms with E-state index in [1.807, 2.05) is 26.0 Å². The molecule has 6 heteroatoms. The molecule has 2 heterocycles. The molecule has 1 aromatic carbocycles. The highest BCUT2D eigenvalue weighted by molar-refractivity contribution is 5.80. The van der Waals surface area contributed by atoms with Gasteiger partial charge in [0.2, 0.25) is 5.91 Å². The Morgan fingerprint density at radius 3 is 3.04 bits per heavy atom. The monoisotopic (exact) mass is 315 g/mol. The Labute approximate surface area is 134 Å². The van der Waals surface area contributed by atoms with Crippen LogP contribution in [0.5, 0.6) is 0 Å². The number of carbonyl (C=O) groups excluding carboxylic acids is 1. The SMILES string of the molecule is Cc1cccc2c(=O)n(CCC(=O)N3CCOC(C)C3)cnc12. The number of rotatable bonds is 3. The fourth-order valence-electron chi connectivity index (χ4n) is 2.92. The number of hydrogen-bond acceptors (Lipinski definition) is 4. The topological polar surface area (TPSA) is 64.4 Å². The quantitative estimate of drug-likeness (QED) is 0.857. The van der Waals surface area contributed by atoms with Crippen molar-refractivity contribution >= 4 is 16.8 Å². The molecule has 1 aliphatic heterocycles. The van der Waals surface area contributed by atoms with Crippen LogP contribution in [-0.4, -0.2) is 46.2 Å². The summed E-state index contributed by atoms with van der Waals surface area (Å²) in [5.74, 6) is 0.0522. The Hall–Kier alpha value is -2.21. The van der Waals surface area contributed by atoms with Gasteiger partial charge in [0, 0.05) is 26.1 Å². The molecule has 23 heavy (non-hydrogen) atoms. The van der Waals surface area contributed by atoms with E-state index in [2.05, 4.69) is 4.98 Å². The van der Waals surface area contributed by atoms with Crippen molar-refractivity contribution in [3.63, 3.8) is 0 Å². The Balaban J connectivity index is 1.73. The van der Waals surface area contributed by atoms with Crippen LogP contribution in [0, 0.1) is 6.92 Å². The van der Waals surface area contributed by atoms with Crippen molar-refractivity contribution in [1.82, 2.24) is 14.5 Å². The average molecular weight is 315 g/mol. The summed E-state index contributed by atoms with van der Waals surface area (Å²) < 4.78 is 6.96. The highest BCUT2D eigenvalue weighted by Crippen LogP contribution is 2.11. The molecular formula is C17H21N3O3. The zero-order valence-electron chi connectivity index (χ0n) is 13.5. The van der Waals surface area contributed by atoms with E-state index >= 15 is 0 Å². The summed E-state index contributed by atoms with van der Waals surface area (Å²) >= 11 is 0. The van der Waals surface area contributed by atoms with Gasteiger partial charge in [0.1, 0.15) is 0 Å². The number of fused-ring (bicyclic) bond motifs is 1. The van der Waals surface area contributed by atoms with Gasteiger partial charge in [-0.1, -0.05) is 12.1 Å². The summed E-state index contributed by atoms with van der Waals surface area (Å²) in [4.78, 5) is 30.9. The van der Waals surface area contributed by atoms with E-state index in [4.69, 9.17) is 4.74 Å². The predicted molar refractivity (Wildman–Crippen MR) is 87.4 cm³/mol. The Morgan fingerprint density at radius 2 is 2.26 bits per heavy atom. The Morgan fingerprint density at radius 1 is 1.43 bits per heavy atom. The first kappa shape index (κ1) is 15.7. The van der Waals surface area contributed by atoms with Crippen LogP contribution < -0.4 is 5.56 Å². The molecule has 1 fully saturated rings. The van der Waals surface area contributed by atoms with Crippen molar-refractivity contribution in [3.8, 4) is 0 Å². The third-order valence-electron chi connectivity index (χ3n) is 4.22. The van der Waals surface area contributed by atoms with Gasteiger partial charge in [-0.15, -0.1) is 0 Å². The van der Waals surface area contributed by atoms with E-state index in [-0.39, 0.29) is 17.6 Å². The maximum absolute atomic E-state index is 12.5. The first-order valence-corrected chi connectivity index (χ1v) is 7.90. The second kappa shape index (κ2) is 6.50. The van der Waals surface area contributed by atoms with Gasteiger partial charge in [-0.25, -0.2) is 4.98 Å². The van der Waals surface area contributed by atoms with Crippen LogP contribution in [0.4, 0.5) is 0 Å². The minimum atomic E-state index is -0.0955. The fourth-order valence-corrected chi connectivity index (χ4v) is 2.92. The van der Waals surface area contributed by atoms with Gasteiger partial charge in [0.25, 0.3) is 5.56 Å². The number of benzene rings is 1. The smallest absolute Gasteiger partial charge is 0.261 e. The standard InChI is InChI=1S/C17H21N3O3/c1-12-4-3-5-14-16(12)18-11-20(17(14)22)7-6-15(21)19-8-9-23-13(2)10-19/h3-5,11,13H,6-10H2,1-2H3. The molecule has 0 spiro atoms. The van der Waals surface area contributed by atoms with Crippen molar-refractivity contribution < 1.29 is 9.53 Å². The minimum Gasteiger partial charge on any atom is -0.375 e. The molecule has 1 aliphatic rings. The molecule has 0 bridgehead atoms. The maximum atomic E-state index is 12.5. The van der Waals surface area contributed by atoms with E-state index < -0.39 is 0 Å². The van der Waals surface area contributed by atoms with Crippen molar-refractivity contribution in [2.45, 2.75) is 32.9 Å². The number of carbonyl (C=O) groups is 1. The summed E-state index contributed by atoms with van der Waals surface area (Å²) in [6.07, 6.45) is 1.90. The number of para-hydroxylation sites is 1. The first-order valence-electron chi connectivity index (χ1n) is 7.90. The summed E-state index contributed by atoms with van der Waals surface area (Å²) in [6, 6.07) is 5.56. The van der Waals surface area contributed by atoms with Crippen molar-refractivity contribution in [3.05, 3.63) is 40.4 Å². The lowest BCUT2D eigenvalue weighted by Crippen LogP contribution is -2.44. The van der Waals surface area contributed by atoms with Crippen molar-refractivity contribution in [2.24, 2.45) is 0 Å². The zero-order valence-corrected chi connectivity index (χ0v) is 13.5. The molecule has 0 N–H and O–H groups in total. The number of morpholine rings is 1. The molecule has 6 nitrogen and oxygen atoms in total. The molecule has 1 unspecified atom stereocenters. The summed E-state index contributed by atoms with van der Waals surface area (Å²) in [5, 5.41) is 0.597. The van der Waals surface area contributed by atoms with Crippen LogP contribution in [0.1, 0.15) is 18.9 Å². The average Bonchev–Trinajstić information content (AvgIpc) is 2.55. The lowest BCUT2D eigenvalue weighted by atomic mass is 10.1. The van der Waals surface area contributed by atoms with Gasteiger partial charge >= 0.3 is 0 Å². The van der Waals surface area contributed by atoms with Gasteiger partial charge in [0.15, 0.2) is 0 Å². The number of amides is 1. The lowest BCUT2D eigenvalue weighted by Gasteiger charge is -2.31. The lowest BCUT2D eigenvalue weighted by molar-refractivity contribution is -0.138. The second-order valence-electron chi connectivity index (χ2n) is 5.99. The summed E-state index contributed by atoms with van der Waals surface area (Å²) in [6.45, 7) is 6.04. The van der Waals surface area contributed by atoms with Gasteiger partial charge in [0.05, 0.1) is 29.9 Å². The molecule has 1 saturated heterocycles. The van der Waals surface area contributed by atoms with E-state index in [0.717, 1.165) is 11.1 Å². The first-order chi connectivity index (χ1) is 11.1. The van der Waals surface area contributed by atoms with Crippen LogP contribution in [0.3, 0.4) is 0 Å². The normalized spacial score (nSPS) is 18.3. The summed E-state index contributed by atoms with van der Waals surface area (Å²) in [7, 11) is 0. The molecule has 1 atom stereocenters. The molecule has 3 rings (SSSR count). The Kier molecular flexibility index (Phi) is 4.43. The van der Waals surface area contributed by atoms with Gasteiger partial charge in [-0.2, -0.15) is 0 Å². The van der Waals surface area contributed by atoms with Crippen LogP contribution in [-0.2, 0) is 16.1 Å². The predicted octanol–water partition coefficient (Wildman–Crippen LogP) is 1.34. The summed E-state index contributed by atoms with van der Waals surface area (Å²) in [5.41, 5.74) is 1.61. The molecule has 0 aliphatic carbocycles. The van der Waals surface area contributed by atoms with E-state index in [1.54, 1.807) is 11.0 Å². The van der Waals surface area contributed by atoms with Crippen LogP contribution in [0.25, 0.3) is 10.9 Å². The number of hydrogen-bond donors (Lipinski definition) is 0. The molecular weight excluding hydrogens is 294 g/mol. The molecule has 0 saturated carbocycles. The van der Waals surface area contributed by atoms with Gasteiger partial charge in [-0.05, 0) is 25.5 Å². The fraction of sp³-hybridized carbons (Fsp3) is 0.471. The maximum Gasteiger partial charge on any atom is 0.261 e. The third kappa shape index (κ3) is 3.27. The Bertz CT molecular complexity index is 784. The zero-order chi connectivity index (χ0) is 16.4. The highest BCUT2D eigenvalue weighted by atomic mass is 16.5. The number of aryl methyl sites for hydroxylation is 2. The number of aromatic nitrogens is 2. The minimum absolute atomic E-state index is 0.0522. The van der Waals surface area contributed by atoms with Crippen LogP contribution in [0.2, 0.25) is 0 Å². The van der Waals surface area contributed by atoms with E-state index in [1.165, 1.54) is 10.9 Å². The molecule has 2 aromatic rings. The molecule has 1 amide bonds. The van der Waals surface area contributed by atoms with Gasteiger partial charge < -0.3 is 9.64 Å². The number of ether oxygens (including phenoxy) is 1. The van der Waals surface area contributed by atoms with E-state index in [0.29, 0.717) is 38.0 Å². The van der Waals surface area contributed by atoms with E-state index in [9.17, 15) is 9.59 Å². The molecule has 122 valence electrons. The number of nitrogens with zero attached hydrogens (tertiary/aromatic N) is 3. The largest absolute Gasteiger partial charge is 0.375 e.